The molecule has 7 nitrogen and oxygen atoms in total. The summed E-state index contributed by atoms with van der Waals surface area (Å²) in [5, 5.41) is 10.1. The molecule has 4 heterocycles. The second-order valence-corrected chi connectivity index (χ2v) is 10.9. The Morgan fingerprint density at radius 1 is 1.19 bits per heavy atom. The van der Waals surface area contributed by atoms with Gasteiger partial charge in [-0.3, -0.25) is 14.4 Å². The number of carbonyl (C=O) groups is 3. The van der Waals surface area contributed by atoms with Gasteiger partial charge in [-0.2, -0.15) is 0 Å². The van der Waals surface area contributed by atoms with Crippen LogP contribution < -0.4 is 0 Å². The second-order valence-electron chi connectivity index (χ2n) is 9.06. The fraction of sp³-hybridized carbons (Fsp3) is 0.696. The Bertz CT molecular complexity index is 825. The van der Waals surface area contributed by atoms with Gasteiger partial charge in [0.05, 0.1) is 29.2 Å². The van der Waals surface area contributed by atoms with E-state index in [4.69, 9.17) is 4.74 Å². The molecule has 1 spiro atoms. The zero-order valence-electron chi connectivity index (χ0n) is 18.5. The second kappa shape index (κ2) is 8.28. The Labute approximate surface area is 187 Å². The van der Waals surface area contributed by atoms with Crippen LogP contribution in [-0.2, 0) is 19.1 Å². The number of nitrogens with zero attached hydrogens (tertiary/aromatic N) is 2. The molecule has 4 aliphatic heterocycles. The molecule has 0 radical (unpaired) electrons. The molecule has 1 N–H and O–H groups in total. The number of thioether (sulfide) groups is 1. The van der Waals surface area contributed by atoms with Gasteiger partial charge < -0.3 is 19.6 Å². The monoisotopic (exact) mass is 448 g/mol. The molecule has 0 saturated carbocycles. The number of ether oxygens (including phenoxy) is 1. The first-order chi connectivity index (χ1) is 14.8. The number of carbonyl (C=O) groups excluding carboxylic acids is 3. The van der Waals surface area contributed by atoms with Gasteiger partial charge in [0.25, 0.3) is 0 Å². The molecular formula is C23H32N2O5S. The smallest absolute Gasteiger partial charge is 0.311 e. The SMILES string of the molecule is CCCCN1CC=C[C@]23S[C@@]4(C)C=CCOC(=O)[C@H]4[C@H]2C(=O)N([C@@H](CC)CO)C3C1=O. The molecule has 4 rings (SSSR count). The van der Waals surface area contributed by atoms with Gasteiger partial charge >= 0.3 is 5.97 Å². The molecular weight excluding hydrogens is 416 g/mol. The quantitative estimate of drug-likeness (QED) is 0.492. The first-order valence-electron chi connectivity index (χ1n) is 11.3. The minimum Gasteiger partial charge on any atom is -0.461 e. The fourth-order valence-electron chi connectivity index (χ4n) is 5.70. The van der Waals surface area contributed by atoms with Crippen molar-refractivity contribution >= 4 is 29.5 Å². The molecule has 0 aliphatic carbocycles. The Morgan fingerprint density at radius 3 is 2.65 bits per heavy atom. The predicted octanol–water partition coefficient (Wildman–Crippen LogP) is 1.76. The normalized spacial score (nSPS) is 37.8. The van der Waals surface area contributed by atoms with Crippen LogP contribution in [0.15, 0.2) is 24.3 Å². The van der Waals surface area contributed by atoms with Gasteiger partial charge in [0.2, 0.25) is 11.8 Å². The molecule has 170 valence electrons. The van der Waals surface area contributed by atoms with E-state index < -0.39 is 33.4 Å². The van der Waals surface area contributed by atoms with Gasteiger partial charge in [-0.15, -0.1) is 11.8 Å². The van der Waals surface area contributed by atoms with E-state index in [1.807, 2.05) is 43.1 Å². The number of hydrogen-bond acceptors (Lipinski definition) is 6. The number of hydrogen-bond donors (Lipinski definition) is 1. The zero-order chi connectivity index (χ0) is 22.4. The van der Waals surface area contributed by atoms with Crippen LogP contribution in [0.25, 0.3) is 0 Å². The highest BCUT2D eigenvalue weighted by atomic mass is 32.2. The first kappa shape index (κ1) is 22.4. The van der Waals surface area contributed by atoms with E-state index in [1.165, 1.54) is 11.8 Å². The van der Waals surface area contributed by atoms with Crippen molar-refractivity contribution in [2.75, 3.05) is 26.3 Å². The number of fused-ring (bicyclic) bond motifs is 2. The number of aliphatic hydroxyl groups is 1. The lowest BCUT2D eigenvalue weighted by Gasteiger charge is -2.39. The summed E-state index contributed by atoms with van der Waals surface area (Å²) < 4.78 is 3.92. The average Bonchev–Trinajstić information content (AvgIpc) is 3.00. The fourth-order valence-corrected chi connectivity index (χ4v) is 7.84. The van der Waals surface area contributed by atoms with Crippen LogP contribution in [0.2, 0.25) is 0 Å². The third-order valence-electron chi connectivity index (χ3n) is 7.19. The molecule has 4 aliphatic rings. The summed E-state index contributed by atoms with van der Waals surface area (Å²) >= 11 is 1.54. The Kier molecular flexibility index (Phi) is 5.98. The van der Waals surface area contributed by atoms with Gasteiger partial charge in [0.15, 0.2) is 0 Å². The third-order valence-corrected chi connectivity index (χ3v) is 8.99. The van der Waals surface area contributed by atoms with Crippen molar-refractivity contribution < 1.29 is 24.2 Å². The van der Waals surface area contributed by atoms with E-state index >= 15 is 0 Å². The van der Waals surface area contributed by atoms with E-state index in [0.29, 0.717) is 19.5 Å². The molecule has 31 heavy (non-hydrogen) atoms. The van der Waals surface area contributed by atoms with E-state index in [9.17, 15) is 19.5 Å². The van der Waals surface area contributed by atoms with Crippen LogP contribution in [0.1, 0.15) is 40.0 Å². The van der Waals surface area contributed by atoms with E-state index in [-0.39, 0.29) is 31.0 Å². The first-order valence-corrected chi connectivity index (χ1v) is 12.1. The summed E-state index contributed by atoms with van der Waals surface area (Å²) in [4.78, 5) is 44.2. The average molecular weight is 449 g/mol. The predicted molar refractivity (Wildman–Crippen MR) is 118 cm³/mol. The van der Waals surface area contributed by atoms with Crippen LogP contribution in [0.4, 0.5) is 0 Å². The largest absolute Gasteiger partial charge is 0.461 e. The highest BCUT2D eigenvalue weighted by Gasteiger charge is 2.74. The molecule has 6 atom stereocenters. The zero-order valence-corrected chi connectivity index (χ0v) is 19.3. The highest BCUT2D eigenvalue weighted by Crippen LogP contribution is 2.65. The molecule has 1 unspecified atom stereocenters. The van der Waals surface area contributed by atoms with Crippen LogP contribution in [-0.4, -0.2) is 80.6 Å². The van der Waals surface area contributed by atoms with Crippen molar-refractivity contribution in [2.24, 2.45) is 11.8 Å². The van der Waals surface area contributed by atoms with Crippen LogP contribution in [0, 0.1) is 11.8 Å². The summed E-state index contributed by atoms with van der Waals surface area (Å²) in [5.41, 5.74) is 0. The van der Waals surface area contributed by atoms with Crippen molar-refractivity contribution in [1.29, 1.82) is 0 Å². The standard InChI is InChI=1S/C23H32N2O5S/c1-4-6-11-24-12-7-10-23-16(17-21(29)30-13-8-9-22(17,3)31-23)19(27)25(15(5-2)14-26)18(23)20(24)28/h7-10,15-18,26H,4-6,11-14H2,1-3H3/t15-,16-,17+,18?,22-,23-/m0/s1. The molecule has 2 saturated heterocycles. The van der Waals surface area contributed by atoms with E-state index in [1.54, 1.807) is 4.90 Å². The summed E-state index contributed by atoms with van der Waals surface area (Å²) in [5.74, 6) is -2.08. The molecule has 0 aromatic carbocycles. The molecule has 0 aromatic rings. The highest BCUT2D eigenvalue weighted by molar-refractivity contribution is 8.02. The van der Waals surface area contributed by atoms with Crippen LogP contribution in [0.5, 0.6) is 0 Å². The number of aliphatic hydroxyl groups excluding tert-OH is 1. The molecule has 2 amide bonds. The third kappa shape index (κ3) is 3.25. The molecule has 0 aromatic heterocycles. The number of rotatable bonds is 6. The van der Waals surface area contributed by atoms with Crippen molar-refractivity contribution in [3.05, 3.63) is 24.3 Å². The molecule has 2 fully saturated rings. The number of likely N-dealkylation sites (tertiary alicyclic amines) is 1. The number of esters is 1. The maximum atomic E-state index is 13.9. The summed E-state index contributed by atoms with van der Waals surface area (Å²) in [7, 11) is 0. The summed E-state index contributed by atoms with van der Waals surface area (Å²) in [6, 6.07) is -1.21. The summed E-state index contributed by atoms with van der Waals surface area (Å²) in [6.07, 6.45) is 10.2. The topological polar surface area (TPSA) is 87.2 Å². The number of amides is 2. The van der Waals surface area contributed by atoms with Gasteiger partial charge in [-0.1, -0.05) is 38.5 Å². The van der Waals surface area contributed by atoms with Crippen molar-refractivity contribution in [3.8, 4) is 0 Å². The lowest BCUT2D eigenvalue weighted by molar-refractivity contribution is -0.153. The Hall–Kier alpha value is -1.80. The van der Waals surface area contributed by atoms with Crippen molar-refractivity contribution in [2.45, 2.75) is 61.6 Å². The van der Waals surface area contributed by atoms with Gasteiger partial charge in [0.1, 0.15) is 12.6 Å². The van der Waals surface area contributed by atoms with E-state index in [2.05, 4.69) is 6.92 Å². The maximum Gasteiger partial charge on any atom is 0.311 e. The van der Waals surface area contributed by atoms with Crippen LogP contribution in [0.3, 0.4) is 0 Å². The molecule has 0 bridgehead atoms. The number of cyclic esters (lactones) is 1. The van der Waals surface area contributed by atoms with Crippen molar-refractivity contribution in [1.82, 2.24) is 9.80 Å². The van der Waals surface area contributed by atoms with Crippen molar-refractivity contribution in [3.63, 3.8) is 0 Å². The van der Waals surface area contributed by atoms with Gasteiger partial charge in [-0.25, -0.2) is 0 Å². The van der Waals surface area contributed by atoms with Gasteiger partial charge in [0, 0.05) is 17.8 Å². The maximum absolute atomic E-state index is 13.9. The lowest BCUT2D eigenvalue weighted by Crippen LogP contribution is -2.56. The lowest BCUT2D eigenvalue weighted by atomic mass is 9.75. The Balaban J connectivity index is 1.86. The number of unbranched alkanes of at least 4 members (excludes halogenated alkanes) is 1. The Morgan fingerprint density at radius 2 is 1.97 bits per heavy atom. The minimum absolute atomic E-state index is 0.0916. The van der Waals surface area contributed by atoms with Gasteiger partial charge in [-0.05, 0) is 25.8 Å². The van der Waals surface area contributed by atoms with Crippen LogP contribution >= 0.6 is 11.8 Å². The summed E-state index contributed by atoms with van der Waals surface area (Å²) in [6.45, 7) is 7.05. The molecule has 8 heteroatoms. The van der Waals surface area contributed by atoms with E-state index in [0.717, 1.165) is 12.8 Å². The minimum atomic E-state index is -0.863.